The number of fused-ring (bicyclic) bond motifs is 1. The van der Waals surface area contributed by atoms with Crippen LogP contribution >= 0.6 is 0 Å². The summed E-state index contributed by atoms with van der Waals surface area (Å²) in [6.45, 7) is 5.47. The molecule has 106 valence electrons. The molecular weight excluding hydrogens is 246 g/mol. The van der Waals surface area contributed by atoms with Gasteiger partial charge in [0.05, 0.1) is 12.2 Å². The van der Waals surface area contributed by atoms with Crippen LogP contribution in [0.5, 0.6) is 11.5 Å². The van der Waals surface area contributed by atoms with Gasteiger partial charge in [-0.25, -0.2) is 0 Å². The van der Waals surface area contributed by atoms with E-state index in [0.29, 0.717) is 19.6 Å². The van der Waals surface area contributed by atoms with E-state index in [1.165, 1.54) is 0 Å². The first kappa shape index (κ1) is 14.1. The second kappa shape index (κ2) is 6.23. The lowest BCUT2D eigenvalue weighted by atomic mass is 10.1. The van der Waals surface area contributed by atoms with Crippen molar-refractivity contribution in [1.29, 1.82) is 0 Å². The smallest absolute Gasteiger partial charge is 0.231 e. The van der Waals surface area contributed by atoms with Gasteiger partial charge in [0, 0.05) is 19.6 Å². The average Bonchev–Trinajstić information content (AvgIpc) is 2.74. The van der Waals surface area contributed by atoms with Crippen molar-refractivity contribution in [2.45, 2.75) is 32.6 Å². The number of benzene rings is 1. The summed E-state index contributed by atoms with van der Waals surface area (Å²) in [5, 5.41) is 19.0. The second-order valence-corrected chi connectivity index (χ2v) is 5.08. The molecule has 0 aliphatic carbocycles. The number of rotatable bonds is 6. The molecule has 0 spiro atoms. The molecule has 2 atom stereocenters. The lowest BCUT2D eigenvalue weighted by molar-refractivity contribution is 0.0794. The number of aliphatic hydroxyl groups is 2. The number of aliphatic hydroxyl groups excluding tert-OH is 2. The fourth-order valence-electron chi connectivity index (χ4n) is 2.25. The van der Waals surface area contributed by atoms with Gasteiger partial charge < -0.3 is 19.7 Å². The Labute approximate surface area is 113 Å². The summed E-state index contributed by atoms with van der Waals surface area (Å²) in [6, 6.07) is 5.81. The van der Waals surface area contributed by atoms with Gasteiger partial charge >= 0.3 is 0 Å². The normalized spacial score (nSPS) is 16.7. The van der Waals surface area contributed by atoms with Crippen molar-refractivity contribution in [3.05, 3.63) is 23.8 Å². The lowest BCUT2D eigenvalue weighted by Crippen LogP contribution is -2.35. The largest absolute Gasteiger partial charge is 0.454 e. The molecule has 0 bridgehead atoms. The number of nitrogens with zero attached hydrogens (tertiary/aromatic N) is 1. The Morgan fingerprint density at radius 2 is 1.74 bits per heavy atom. The van der Waals surface area contributed by atoms with Gasteiger partial charge in [0.15, 0.2) is 11.5 Å². The van der Waals surface area contributed by atoms with E-state index in [0.717, 1.165) is 17.1 Å². The van der Waals surface area contributed by atoms with Gasteiger partial charge in [-0.2, -0.15) is 0 Å². The van der Waals surface area contributed by atoms with Crippen LogP contribution < -0.4 is 9.47 Å². The van der Waals surface area contributed by atoms with Gasteiger partial charge in [-0.1, -0.05) is 6.07 Å². The van der Waals surface area contributed by atoms with Crippen molar-refractivity contribution in [3.8, 4) is 11.5 Å². The molecule has 0 saturated heterocycles. The van der Waals surface area contributed by atoms with E-state index >= 15 is 0 Å². The van der Waals surface area contributed by atoms with Gasteiger partial charge in [0.2, 0.25) is 6.79 Å². The minimum atomic E-state index is -0.423. The fourth-order valence-corrected chi connectivity index (χ4v) is 2.25. The zero-order valence-corrected chi connectivity index (χ0v) is 11.4. The molecule has 0 radical (unpaired) electrons. The Hall–Kier alpha value is -1.30. The average molecular weight is 267 g/mol. The van der Waals surface area contributed by atoms with Gasteiger partial charge in [-0.3, -0.25) is 4.90 Å². The summed E-state index contributed by atoms with van der Waals surface area (Å²) in [7, 11) is 0. The Kier molecular flexibility index (Phi) is 4.63. The van der Waals surface area contributed by atoms with Crippen LogP contribution in [0.15, 0.2) is 18.2 Å². The summed E-state index contributed by atoms with van der Waals surface area (Å²) in [4.78, 5) is 2.02. The summed E-state index contributed by atoms with van der Waals surface area (Å²) in [6.07, 6.45) is -0.847. The Morgan fingerprint density at radius 1 is 1.11 bits per heavy atom. The maximum atomic E-state index is 9.50. The molecule has 0 fully saturated rings. The van der Waals surface area contributed by atoms with Crippen molar-refractivity contribution in [2.24, 2.45) is 0 Å². The summed E-state index contributed by atoms with van der Waals surface area (Å²) >= 11 is 0. The van der Waals surface area contributed by atoms with Crippen molar-refractivity contribution in [3.63, 3.8) is 0 Å². The van der Waals surface area contributed by atoms with E-state index in [1.54, 1.807) is 13.8 Å². The van der Waals surface area contributed by atoms with Crippen molar-refractivity contribution in [1.82, 2.24) is 4.90 Å². The van der Waals surface area contributed by atoms with Crippen LogP contribution in [0.1, 0.15) is 19.4 Å². The van der Waals surface area contributed by atoms with Gasteiger partial charge in [0.1, 0.15) is 0 Å². The molecule has 2 rings (SSSR count). The standard InChI is InChI=1S/C14H21NO4/c1-10(16)6-15(7-11(2)17)8-12-3-4-13-14(5-12)19-9-18-13/h3-5,10-11,16-17H,6-9H2,1-2H3. The molecule has 19 heavy (non-hydrogen) atoms. The van der Waals surface area contributed by atoms with E-state index in [4.69, 9.17) is 9.47 Å². The lowest BCUT2D eigenvalue weighted by Gasteiger charge is -2.25. The van der Waals surface area contributed by atoms with Gasteiger partial charge in [-0.15, -0.1) is 0 Å². The number of hydrogen-bond acceptors (Lipinski definition) is 5. The third kappa shape index (κ3) is 4.09. The molecule has 1 aromatic carbocycles. The highest BCUT2D eigenvalue weighted by molar-refractivity contribution is 5.44. The molecule has 1 aromatic rings. The fraction of sp³-hybridized carbons (Fsp3) is 0.571. The summed E-state index contributed by atoms with van der Waals surface area (Å²) in [5.41, 5.74) is 1.07. The molecule has 1 aliphatic heterocycles. The molecule has 2 unspecified atom stereocenters. The highest BCUT2D eigenvalue weighted by Crippen LogP contribution is 2.32. The quantitative estimate of drug-likeness (QED) is 0.804. The minimum Gasteiger partial charge on any atom is -0.454 e. The third-order valence-corrected chi connectivity index (χ3v) is 2.89. The molecular formula is C14H21NO4. The Bertz CT molecular complexity index is 410. The third-order valence-electron chi connectivity index (χ3n) is 2.89. The monoisotopic (exact) mass is 267 g/mol. The summed E-state index contributed by atoms with van der Waals surface area (Å²) in [5.74, 6) is 1.52. The van der Waals surface area contributed by atoms with Crippen LogP contribution in [-0.2, 0) is 6.54 Å². The molecule has 2 N–H and O–H groups in total. The minimum absolute atomic E-state index is 0.268. The first-order chi connectivity index (χ1) is 9.04. The van der Waals surface area contributed by atoms with Crippen LogP contribution in [0.25, 0.3) is 0 Å². The number of hydrogen-bond donors (Lipinski definition) is 2. The molecule has 0 aromatic heterocycles. The molecule has 5 nitrogen and oxygen atoms in total. The molecule has 1 aliphatic rings. The predicted octanol–water partition coefficient (Wildman–Crippen LogP) is 0.979. The van der Waals surface area contributed by atoms with Crippen LogP contribution in [0.4, 0.5) is 0 Å². The zero-order valence-electron chi connectivity index (χ0n) is 11.4. The van der Waals surface area contributed by atoms with E-state index < -0.39 is 12.2 Å². The van der Waals surface area contributed by atoms with Gasteiger partial charge in [0.25, 0.3) is 0 Å². The van der Waals surface area contributed by atoms with Crippen molar-refractivity contribution < 1.29 is 19.7 Å². The molecule has 1 heterocycles. The van der Waals surface area contributed by atoms with Crippen molar-refractivity contribution in [2.75, 3.05) is 19.9 Å². The van der Waals surface area contributed by atoms with E-state index in [-0.39, 0.29) is 6.79 Å². The van der Waals surface area contributed by atoms with Crippen LogP contribution in [-0.4, -0.2) is 47.2 Å². The summed E-state index contributed by atoms with van der Waals surface area (Å²) < 4.78 is 10.6. The highest BCUT2D eigenvalue weighted by Gasteiger charge is 2.16. The molecule has 5 heteroatoms. The maximum absolute atomic E-state index is 9.50. The van der Waals surface area contributed by atoms with Crippen molar-refractivity contribution >= 4 is 0 Å². The first-order valence-corrected chi connectivity index (χ1v) is 6.51. The van der Waals surface area contributed by atoms with Crippen LogP contribution in [0.2, 0.25) is 0 Å². The van der Waals surface area contributed by atoms with Crippen LogP contribution in [0.3, 0.4) is 0 Å². The highest BCUT2D eigenvalue weighted by atomic mass is 16.7. The van der Waals surface area contributed by atoms with Gasteiger partial charge in [-0.05, 0) is 31.5 Å². The second-order valence-electron chi connectivity index (χ2n) is 5.08. The van der Waals surface area contributed by atoms with E-state index in [9.17, 15) is 10.2 Å². The zero-order chi connectivity index (χ0) is 13.8. The Morgan fingerprint density at radius 3 is 2.37 bits per heavy atom. The van der Waals surface area contributed by atoms with E-state index in [1.807, 2.05) is 23.1 Å². The van der Waals surface area contributed by atoms with E-state index in [2.05, 4.69) is 0 Å². The molecule has 0 amide bonds. The Balaban J connectivity index is 2.03. The van der Waals surface area contributed by atoms with Crippen LogP contribution in [0, 0.1) is 0 Å². The maximum Gasteiger partial charge on any atom is 0.231 e. The SMILES string of the molecule is CC(O)CN(Cc1ccc2c(c1)OCO2)CC(C)O. The number of ether oxygens (including phenoxy) is 2. The first-order valence-electron chi connectivity index (χ1n) is 6.51. The predicted molar refractivity (Wildman–Crippen MR) is 71.2 cm³/mol. The topological polar surface area (TPSA) is 62.2 Å². The molecule has 0 saturated carbocycles.